The molecule has 0 aliphatic rings. The molecule has 2 atom stereocenters. The molecule has 5 aromatic rings. The molecule has 4 N–H and O–H groups in total. The fourth-order valence-corrected chi connectivity index (χ4v) is 5.95. The van der Waals surface area contributed by atoms with Crippen LogP contribution in [0.25, 0.3) is 11.1 Å². The fraction of sp³-hybridized carbons (Fsp3) is 0.306. The summed E-state index contributed by atoms with van der Waals surface area (Å²) >= 11 is 0. The van der Waals surface area contributed by atoms with Crippen LogP contribution in [0, 0.1) is 11.8 Å². The molecule has 0 aliphatic carbocycles. The highest BCUT2D eigenvalue weighted by atomic mass is 16.5. The van der Waals surface area contributed by atoms with Gasteiger partial charge in [0.1, 0.15) is 35.2 Å². The molecule has 0 bridgehead atoms. The van der Waals surface area contributed by atoms with Crippen molar-refractivity contribution in [2.75, 3.05) is 23.8 Å². The molecule has 5 rings (SSSR count). The zero-order valence-corrected chi connectivity index (χ0v) is 35.5. The largest absolute Gasteiger partial charge is 0.493 e. The highest BCUT2D eigenvalue weighted by Crippen LogP contribution is 2.37. The third-order valence-electron chi connectivity index (χ3n) is 10.0. The average molecular weight is 831 g/mol. The minimum absolute atomic E-state index is 0.0326. The van der Waals surface area contributed by atoms with Gasteiger partial charge in [-0.1, -0.05) is 77.4 Å². The van der Waals surface area contributed by atoms with E-state index in [1.54, 1.807) is 36.4 Å². The predicted octanol–water partition coefficient (Wildman–Crippen LogP) is 10.9. The van der Waals surface area contributed by atoms with E-state index >= 15 is 0 Å². The molecule has 0 aromatic heterocycles. The first-order chi connectivity index (χ1) is 29.3. The normalized spacial score (nSPS) is 11.9. The van der Waals surface area contributed by atoms with E-state index in [2.05, 4.69) is 38.3 Å². The number of hydrogen-bond donors (Lipinski definition) is 4. The first-order valence-corrected chi connectivity index (χ1v) is 20.5. The van der Waals surface area contributed by atoms with Crippen LogP contribution in [-0.4, -0.2) is 53.3 Å². The van der Waals surface area contributed by atoms with Gasteiger partial charge in [0.2, 0.25) is 0 Å². The number of rotatable bonds is 21. The van der Waals surface area contributed by atoms with Crippen LogP contribution in [0.5, 0.6) is 23.0 Å². The molecule has 320 valence electrons. The quantitative estimate of drug-likeness (QED) is 0.0558. The summed E-state index contributed by atoms with van der Waals surface area (Å²) in [7, 11) is 0. The summed E-state index contributed by atoms with van der Waals surface area (Å²) in [6.45, 7) is 13.0. The lowest BCUT2D eigenvalue weighted by atomic mass is 9.99. The van der Waals surface area contributed by atoms with Crippen molar-refractivity contribution in [1.29, 1.82) is 0 Å². The fourth-order valence-electron chi connectivity index (χ4n) is 5.95. The van der Waals surface area contributed by atoms with Gasteiger partial charge in [0.15, 0.2) is 0 Å². The summed E-state index contributed by atoms with van der Waals surface area (Å²) in [5.41, 5.74) is 3.40. The average Bonchev–Trinajstić information content (AvgIpc) is 3.25. The second-order valence-corrected chi connectivity index (χ2v) is 15.3. The Bertz CT molecular complexity index is 2320. The molecule has 12 nitrogen and oxygen atoms in total. The molecular weight excluding hydrogens is 777 g/mol. The van der Waals surface area contributed by atoms with Crippen LogP contribution in [0.2, 0.25) is 0 Å². The Morgan fingerprint density at radius 3 is 2.02 bits per heavy atom. The van der Waals surface area contributed by atoms with Gasteiger partial charge in [-0.2, -0.15) is 0 Å². The Hall–Kier alpha value is -6.82. The third-order valence-corrected chi connectivity index (χ3v) is 10.0. The molecule has 2 amide bonds. The zero-order chi connectivity index (χ0) is 44.1. The van der Waals surface area contributed by atoms with Crippen LogP contribution >= 0.6 is 0 Å². The van der Waals surface area contributed by atoms with Gasteiger partial charge in [-0.05, 0) is 103 Å². The van der Waals surface area contributed by atoms with Crippen molar-refractivity contribution >= 4 is 35.1 Å². The summed E-state index contributed by atoms with van der Waals surface area (Å²) < 4.78 is 24.5. The van der Waals surface area contributed by atoms with Crippen LogP contribution < -0.4 is 29.6 Å². The predicted molar refractivity (Wildman–Crippen MR) is 236 cm³/mol. The summed E-state index contributed by atoms with van der Waals surface area (Å²) in [5.74, 6) is -1.53. The lowest BCUT2D eigenvalue weighted by molar-refractivity contribution is 0.0683. The summed E-state index contributed by atoms with van der Waals surface area (Å²) in [6.07, 6.45) is 2.07. The maximum Gasteiger partial charge on any atom is 0.339 e. The smallest absolute Gasteiger partial charge is 0.339 e. The van der Waals surface area contributed by atoms with Crippen LogP contribution in [0.1, 0.15) is 108 Å². The zero-order valence-electron chi connectivity index (χ0n) is 35.5. The van der Waals surface area contributed by atoms with Crippen LogP contribution in [0.4, 0.5) is 11.4 Å². The molecule has 0 heterocycles. The van der Waals surface area contributed by atoms with Gasteiger partial charge >= 0.3 is 11.9 Å². The van der Waals surface area contributed by atoms with Gasteiger partial charge in [0, 0.05) is 22.9 Å². The van der Waals surface area contributed by atoms with E-state index in [0.717, 1.165) is 18.4 Å². The van der Waals surface area contributed by atoms with E-state index in [1.807, 2.05) is 44.2 Å². The number of benzene rings is 5. The SMILES string of the molecule is CCC(C)COc1cc(-c2ccc(C(=O)Nc3ccc(C(=O)O)cc3OC(C)CC)cc2OCCC(C)C)ccc1C(=O)Nc1ccc(C(=O)O)c(OCc2ccccc2)c1. The standard InChI is InChI=1S/C49H54N2O10/c1-7-31(5)28-59-43-24-34(14-19-39(43)47(53)50-37-17-20-40(49(56)57)44(27-37)60-29-33-12-10-9-11-13-33)38-18-15-35(25-42(38)58-23-22-30(3)4)46(52)51-41-21-16-36(48(54)55)26-45(41)61-32(6)8-2/h9-21,24-27,30-32H,7-8,22-23,28-29H2,1-6H3,(H,50,53)(H,51,52)(H,54,55)(H,56,57). The number of carboxylic acid groups (broad SMARTS) is 2. The number of carbonyl (C=O) groups excluding carboxylic acids is 2. The Morgan fingerprint density at radius 2 is 1.33 bits per heavy atom. The Kier molecular flexibility index (Phi) is 15.9. The van der Waals surface area contributed by atoms with Crippen LogP contribution in [0.3, 0.4) is 0 Å². The van der Waals surface area contributed by atoms with Crippen LogP contribution in [-0.2, 0) is 6.61 Å². The van der Waals surface area contributed by atoms with E-state index < -0.39 is 23.8 Å². The highest BCUT2D eigenvalue weighted by molar-refractivity contribution is 6.08. The molecule has 0 spiro atoms. The molecule has 0 radical (unpaired) electrons. The van der Waals surface area contributed by atoms with Gasteiger partial charge in [0.25, 0.3) is 11.8 Å². The van der Waals surface area contributed by atoms with E-state index in [1.165, 1.54) is 36.4 Å². The minimum Gasteiger partial charge on any atom is -0.493 e. The first-order valence-electron chi connectivity index (χ1n) is 20.5. The highest BCUT2D eigenvalue weighted by Gasteiger charge is 2.21. The number of amides is 2. The van der Waals surface area contributed by atoms with Crippen molar-refractivity contribution in [2.45, 2.75) is 73.5 Å². The molecule has 0 saturated heterocycles. The third kappa shape index (κ3) is 12.6. The second-order valence-electron chi connectivity index (χ2n) is 15.3. The number of anilines is 2. The van der Waals surface area contributed by atoms with E-state index in [0.29, 0.717) is 65.1 Å². The monoisotopic (exact) mass is 830 g/mol. The van der Waals surface area contributed by atoms with Crippen molar-refractivity contribution in [2.24, 2.45) is 11.8 Å². The Morgan fingerprint density at radius 1 is 0.623 bits per heavy atom. The van der Waals surface area contributed by atoms with Gasteiger partial charge < -0.3 is 39.8 Å². The molecule has 5 aromatic carbocycles. The maximum absolute atomic E-state index is 13.9. The second kappa shape index (κ2) is 21.4. The topological polar surface area (TPSA) is 170 Å². The van der Waals surface area contributed by atoms with Gasteiger partial charge in [-0.3, -0.25) is 9.59 Å². The van der Waals surface area contributed by atoms with Crippen molar-refractivity contribution in [1.82, 2.24) is 0 Å². The summed E-state index contributed by atoms with van der Waals surface area (Å²) in [4.78, 5) is 51.4. The molecule has 61 heavy (non-hydrogen) atoms. The molecule has 12 heteroatoms. The van der Waals surface area contributed by atoms with Crippen molar-refractivity contribution in [3.8, 4) is 34.1 Å². The van der Waals surface area contributed by atoms with Crippen LogP contribution in [0.15, 0.2) is 103 Å². The van der Waals surface area contributed by atoms with Gasteiger partial charge in [-0.15, -0.1) is 0 Å². The number of ether oxygens (including phenoxy) is 4. The molecule has 0 fully saturated rings. The van der Waals surface area contributed by atoms with E-state index in [4.69, 9.17) is 18.9 Å². The maximum atomic E-state index is 13.9. The Labute approximate surface area is 356 Å². The van der Waals surface area contributed by atoms with Crippen molar-refractivity contribution in [3.05, 3.63) is 131 Å². The molecule has 0 saturated carbocycles. The van der Waals surface area contributed by atoms with E-state index in [9.17, 15) is 29.4 Å². The molecule has 0 aliphatic heterocycles. The molecule has 2 unspecified atom stereocenters. The molecular formula is C49H54N2O10. The minimum atomic E-state index is -1.16. The lowest BCUT2D eigenvalue weighted by Gasteiger charge is -2.19. The number of nitrogens with one attached hydrogen (secondary N) is 2. The number of carbonyl (C=O) groups is 4. The van der Waals surface area contributed by atoms with Crippen molar-refractivity contribution in [3.63, 3.8) is 0 Å². The summed E-state index contributed by atoms with van der Waals surface area (Å²) in [6, 6.07) is 28.3. The first kappa shape index (κ1) is 45.3. The number of hydrogen-bond acceptors (Lipinski definition) is 8. The van der Waals surface area contributed by atoms with Gasteiger partial charge in [-0.25, -0.2) is 9.59 Å². The van der Waals surface area contributed by atoms with Gasteiger partial charge in [0.05, 0.1) is 36.1 Å². The Balaban J connectivity index is 1.46. The lowest BCUT2D eigenvalue weighted by Crippen LogP contribution is -2.16. The number of carboxylic acids is 2. The van der Waals surface area contributed by atoms with E-state index in [-0.39, 0.29) is 46.8 Å². The van der Waals surface area contributed by atoms with Crippen molar-refractivity contribution < 1.29 is 48.3 Å². The summed E-state index contributed by atoms with van der Waals surface area (Å²) in [5, 5.41) is 25.1. The number of aromatic carboxylic acids is 2.